The molecule has 0 aliphatic carbocycles. The van der Waals surface area contributed by atoms with Crippen molar-refractivity contribution in [2.45, 2.75) is 24.9 Å². The van der Waals surface area contributed by atoms with Gasteiger partial charge in [0.15, 0.2) is 0 Å². The number of benzene rings is 1. The molecule has 2 heterocycles. The van der Waals surface area contributed by atoms with Gasteiger partial charge in [0.2, 0.25) is 0 Å². The van der Waals surface area contributed by atoms with Crippen molar-refractivity contribution in [1.82, 2.24) is 4.90 Å². The molecular formula is C15H18N2O4. The molecule has 1 spiro atoms. The summed E-state index contributed by atoms with van der Waals surface area (Å²) < 4.78 is 5.22. The first-order valence-electron chi connectivity index (χ1n) is 6.99. The molecule has 0 unspecified atom stereocenters. The van der Waals surface area contributed by atoms with Crippen LogP contribution in [0.1, 0.15) is 24.8 Å². The number of rotatable bonds is 2. The summed E-state index contributed by atoms with van der Waals surface area (Å²) in [6.07, 6.45) is 1.21. The highest BCUT2D eigenvalue weighted by molar-refractivity contribution is 6.02. The zero-order valence-corrected chi connectivity index (χ0v) is 11.9. The number of amides is 1. The molecule has 0 radical (unpaired) electrons. The van der Waals surface area contributed by atoms with Crippen molar-refractivity contribution >= 4 is 11.8 Å². The van der Waals surface area contributed by atoms with Gasteiger partial charge in [0.1, 0.15) is 11.4 Å². The van der Waals surface area contributed by atoms with Gasteiger partial charge in [-0.2, -0.15) is 0 Å². The molecule has 0 saturated carbocycles. The number of hydrogen-bond donors (Lipinski definition) is 1. The van der Waals surface area contributed by atoms with Gasteiger partial charge in [0, 0.05) is 37.9 Å². The van der Waals surface area contributed by atoms with Crippen molar-refractivity contribution in [2.75, 3.05) is 20.2 Å². The van der Waals surface area contributed by atoms with Gasteiger partial charge in [-0.1, -0.05) is 17.3 Å². The summed E-state index contributed by atoms with van der Waals surface area (Å²) in [4.78, 5) is 18.1. The fourth-order valence-electron chi connectivity index (χ4n) is 2.85. The lowest BCUT2D eigenvalue weighted by Crippen LogP contribution is -2.46. The van der Waals surface area contributed by atoms with E-state index >= 15 is 0 Å². The minimum atomic E-state index is -0.864. The van der Waals surface area contributed by atoms with E-state index in [1.54, 1.807) is 7.11 Å². The maximum absolute atomic E-state index is 11.0. The number of nitrogens with zero attached hydrogens (tertiary/aromatic N) is 2. The molecule has 21 heavy (non-hydrogen) atoms. The van der Waals surface area contributed by atoms with E-state index in [1.807, 2.05) is 24.3 Å². The van der Waals surface area contributed by atoms with Gasteiger partial charge >= 0.3 is 6.09 Å². The fourth-order valence-corrected chi connectivity index (χ4v) is 2.85. The number of carbonyl (C=O) groups is 1. The highest BCUT2D eigenvalue weighted by Gasteiger charge is 2.43. The lowest BCUT2D eigenvalue weighted by Gasteiger charge is -2.35. The second-order valence-corrected chi connectivity index (χ2v) is 5.49. The SMILES string of the molecule is COc1cccc(C2=NOC3(CCN(C(=O)O)CC3)C2)c1. The average molecular weight is 290 g/mol. The van der Waals surface area contributed by atoms with Crippen molar-refractivity contribution in [2.24, 2.45) is 5.16 Å². The first kappa shape index (κ1) is 13.7. The van der Waals surface area contributed by atoms with Gasteiger partial charge in [-0.05, 0) is 12.1 Å². The third-order valence-corrected chi connectivity index (χ3v) is 4.19. The normalized spacial score (nSPS) is 20.0. The highest BCUT2D eigenvalue weighted by atomic mass is 16.7. The smallest absolute Gasteiger partial charge is 0.407 e. The summed E-state index contributed by atoms with van der Waals surface area (Å²) in [6, 6.07) is 7.74. The van der Waals surface area contributed by atoms with E-state index in [1.165, 1.54) is 4.90 Å². The molecule has 1 saturated heterocycles. The third kappa shape index (κ3) is 2.66. The third-order valence-electron chi connectivity index (χ3n) is 4.19. The van der Waals surface area contributed by atoms with Gasteiger partial charge in [-0.15, -0.1) is 0 Å². The van der Waals surface area contributed by atoms with Crippen LogP contribution < -0.4 is 4.74 Å². The van der Waals surface area contributed by atoms with E-state index in [0.717, 1.165) is 17.0 Å². The first-order valence-corrected chi connectivity index (χ1v) is 6.99. The number of oxime groups is 1. The van der Waals surface area contributed by atoms with E-state index in [2.05, 4.69) is 5.16 Å². The van der Waals surface area contributed by atoms with Crippen LogP contribution >= 0.6 is 0 Å². The molecule has 1 N–H and O–H groups in total. The molecule has 0 bridgehead atoms. The van der Waals surface area contributed by atoms with Crippen LogP contribution in [-0.2, 0) is 4.84 Å². The van der Waals surface area contributed by atoms with Crippen molar-refractivity contribution in [1.29, 1.82) is 0 Å². The molecule has 1 aromatic rings. The zero-order valence-electron chi connectivity index (χ0n) is 11.9. The molecule has 2 aliphatic heterocycles. The minimum absolute atomic E-state index is 0.343. The van der Waals surface area contributed by atoms with E-state index in [-0.39, 0.29) is 5.60 Å². The van der Waals surface area contributed by atoms with E-state index in [4.69, 9.17) is 14.7 Å². The maximum atomic E-state index is 11.0. The Morgan fingerprint density at radius 3 is 2.86 bits per heavy atom. The van der Waals surface area contributed by atoms with Crippen molar-refractivity contribution in [3.8, 4) is 5.75 Å². The van der Waals surface area contributed by atoms with E-state index in [9.17, 15) is 4.79 Å². The number of hydrogen-bond acceptors (Lipinski definition) is 4. The molecule has 1 fully saturated rings. The monoisotopic (exact) mass is 290 g/mol. The van der Waals surface area contributed by atoms with Gasteiger partial charge in [0.05, 0.1) is 12.8 Å². The van der Waals surface area contributed by atoms with Crippen LogP contribution in [0.4, 0.5) is 4.79 Å². The molecule has 0 aromatic heterocycles. The average Bonchev–Trinajstić information content (AvgIpc) is 2.92. The van der Waals surface area contributed by atoms with E-state index < -0.39 is 6.09 Å². The predicted octanol–water partition coefficient (Wildman–Crippen LogP) is 2.33. The van der Waals surface area contributed by atoms with Gasteiger partial charge in [-0.25, -0.2) is 4.79 Å². The molecule has 3 rings (SSSR count). The number of piperidine rings is 1. The summed E-state index contributed by atoms with van der Waals surface area (Å²) in [6.45, 7) is 0.993. The Bertz CT molecular complexity index is 577. The van der Waals surface area contributed by atoms with Crippen LogP contribution in [0.25, 0.3) is 0 Å². The Balaban J connectivity index is 1.69. The molecule has 1 amide bonds. The molecule has 6 nitrogen and oxygen atoms in total. The maximum Gasteiger partial charge on any atom is 0.407 e. The summed E-state index contributed by atoms with van der Waals surface area (Å²) in [7, 11) is 1.63. The van der Waals surface area contributed by atoms with Gasteiger partial charge in [-0.3, -0.25) is 0 Å². The number of ether oxygens (including phenoxy) is 1. The Morgan fingerprint density at radius 2 is 2.19 bits per heavy atom. The Labute approximate surface area is 122 Å². The summed E-state index contributed by atoms with van der Waals surface area (Å²) in [5.41, 5.74) is 1.55. The van der Waals surface area contributed by atoms with Crippen LogP contribution in [-0.4, -0.2) is 47.6 Å². The topological polar surface area (TPSA) is 71.4 Å². The first-order chi connectivity index (χ1) is 10.1. The largest absolute Gasteiger partial charge is 0.497 e. The molecule has 112 valence electrons. The summed E-state index contributed by atoms with van der Waals surface area (Å²) in [5, 5.41) is 13.2. The van der Waals surface area contributed by atoms with Crippen molar-refractivity contribution in [3.05, 3.63) is 29.8 Å². The summed E-state index contributed by atoms with van der Waals surface area (Å²) >= 11 is 0. The number of methoxy groups -OCH3 is 1. The van der Waals surface area contributed by atoms with Crippen molar-refractivity contribution < 1.29 is 19.5 Å². The number of carboxylic acid groups (broad SMARTS) is 1. The number of likely N-dealkylation sites (tertiary alicyclic amines) is 1. The molecule has 6 heteroatoms. The standard InChI is InChI=1S/C15H18N2O4/c1-20-12-4-2-3-11(9-12)13-10-15(21-16-13)5-7-17(8-6-15)14(18)19/h2-4,9H,5-8,10H2,1H3,(H,18,19). The molecule has 2 aliphatic rings. The second-order valence-electron chi connectivity index (χ2n) is 5.49. The lowest BCUT2D eigenvalue weighted by molar-refractivity contribution is -0.0576. The molecule has 1 aromatic carbocycles. The summed E-state index contributed by atoms with van der Waals surface area (Å²) in [5.74, 6) is 0.789. The zero-order chi connectivity index (χ0) is 14.9. The van der Waals surface area contributed by atoms with Crippen LogP contribution in [0.3, 0.4) is 0 Å². The Kier molecular flexibility index (Phi) is 3.45. The van der Waals surface area contributed by atoms with Gasteiger partial charge in [0.25, 0.3) is 0 Å². The molecular weight excluding hydrogens is 272 g/mol. The Morgan fingerprint density at radius 1 is 1.43 bits per heavy atom. The van der Waals surface area contributed by atoms with Crippen LogP contribution in [0.15, 0.2) is 29.4 Å². The van der Waals surface area contributed by atoms with Crippen LogP contribution in [0, 0.1) is 0 Å². The van der Waals surface area contributed by atoms with Gasteiger partial charge < -0.3 is 19.6 Å². The highest BCUT2D eigenvalue weighted by Crippen LogP contribution is 2.36. The minimum Gasteiger partial charge on any atom is -0.497 e. The lowest BCUT2D eigenvalue weighted by atomic mass is 9.85. The predicted molar refractivity (Wildman–Crippen MR) is 76.8 cm³/mol. The quantitative estimate of drug-likeness (QED) is 0.907. The molecule has 0 atom stereocenters. The van der Waals surface area contributed by atoms with Crippen LogP contribution in [0.5, 0.6) is 5.75 Å². The van der Waals surface area contributed by atoms with Crippen molar-refractivity contribution in [3.63, 3.8) is 0 Å². The van der Waals surface area contributed by atoms with E-state index in [0.29, 0.717) is 32.4 Å². The van der Waals surface area contributed by atoms with Crippen LogP contribution in [0.2, 0.25) is 0 Å². The second kappa shape index (κ2) is 5.27. The fraction of sp³-hybridized carbons (Fsp3) is 0.467. The Hall–Kier alpha value is -2.24.